The molecule has 1 atom stereocenters. The van der Waals surface area contributed by atoms with E-state index in [-0.39, 0.29) is 11.8 Å². The highest BCUT2D eigenvalue weighted by Gasteiger charge is 2.24. The number of carbonyl (C=O) groups is 1. The van der Waals surface area contributed by atoms with E-state index in [0.717, 1.165) is 16.7 Å². The van der Waals surface area contributed by atoms with E-state index >= 15 is 0 Å². The zero-order valence-electron chi connectivity index (χ0n) is 11.7. The molecule has 0 aliphatic heterocycles. The van der Waals surface area contributed by atoms with Crippen molar-refractivity contribution in [3.63, 3.8) is 0 Å². The molecule has 1 aromatic carbocycles. The third-order valence-corrected chi connectivity index (χ3v) is 3.18. The molecule has 2 nitrogen and oxygen atoms in total. The number of benzene rings is 1. The Hall–Kier alpha value is -1.15. The lowest BCUT2D eigenvalue weighted by atomic mass is 9.89. The number of ketones is 1. The molecule has 0 spiro atoms. The lowest BCUT2D eigenvalue weighted by molar-refractivity contribution is 0.0921. The summed E-state index contributed by atoms with van der Waals surface area (Å²) >= 11 is 0. The van der Waals surface area contributed by atoms with Crippen molar-refractivity contribution >= 4 is 5.78 Å². The molecule has 1 unspecified atom stereocenters. The van der Waals surface area contributed by atoms with Gasteiger partial charge in [-0.15, -0.1) is 0 Å². The number of Topliss-reactive ketones (excluding diaryl/α,β-unsaturated/α-hetero) is 1. The maximum absolute atomic E-state index is 12.5. The molecule has 1 aromatic rings. The molecule has 0 amide bonds. The van der Waals surface area contributed by atoms with Crippen LogP contribution < -0.4 is 5.32 Å². The zero-order chi connectivity index (χ0) is 13.2. The van der Waals surface area contributed by atoms with Crippen LogP contribution in [-0.4, -0.2) is 18.9 Å². The summed E-state index contributed by atoms with van der Waals surface area (Å²) in [6.45, 7) is 10.2. The van der Waals surface area contributed by atoms with Crippen LogP contribution in [0.25, 0.3) is 0 Å². The van der Waals surface area contributed by atoms with Gasteiger partial charge in [0.1, 0.15) is 0 Å². The fraction of sp³-hybridized carbons (Fsp3) is 0.533. The molecule has 0 fully saturated rings. The summed E-state index contributed by atoms with van der Waals surface area (Å²) in [6.07, 6.45) is 0. The van der Waals surface area contributed by atoms with E-state index in [2.05, 4.69) is 38.2 Å². The molecule has 2 heteroatoms. The van der Waals surface area contributed by atoms with E-state index in [4.69, 9.17) is 0 Å². The molecule has 1 N–H and O–H groups in total. The highest BCUT2D eigenvalue weighted by molar-refractivity contribution is 6.02. The van der Waals surface area contributed by atoms with Gasteiger partial charge in [0, 0.05) is 5.56 Å². The summed E-state index contributed by atoms with van der Waals surface area (Å²) in [7, 11) is 1.85. The first-order valence-electron chi connectivity index (χ1n) is 6.17. The van der Waals surface area contributed by atoms with Crippen LogP contribution in [0.5, 0.6) is 0 Å². The van der Waals surface area contributed by atoms with Crippen molar-refractivity contribution in [2.75, 3.05) is 7.05 Å². The van der Waals surface area contributed by atoms with Crippen LogP contribution in [-0.2, 0) is 0 Å². The van der Waals surface area contributed by atoms with Crippen LogP contribution in [0.3, 0.4) is 0 Å². The Morgan fingerprint density at radius 2 is 1.59 bits per heavy atom. The van der Waals surface area contributed by atoms with Gasteiger partial charge in [0.2, 0.25) is 0 Å². The Bertz CT molecular complexity index is 398. The van der Waals surface area contributed by atoms with Crippen LogP contribution >= 0.6 is 0 Å². The first kappa shape index (κ1) is 13.9. The van der Waals surface area contributed by atoms with Crippen LogP contribution in [0.15, 0.2) is 12.1 Å². The van der Waals surface area contributed by atoms with Gasteiger partial charge < -0.3 is 5.32 Å². The van der Waals surface area contributed by atoms with E-state index in [1.165, 1.54) is 5.56 Å². The van der Waals surface area contributed by atoms with E-state index in [1.54, 1.807) is 0 Å². The van der Waals surface area contributed by atoms with Crippen LogP contribution in [0, 0.1) is 26.7 Å². The third kappa shape index (κ3) is 2.95. The Morgan fingerprint density at radius 1 is 1.12 bits per heavy atom. The molecule has 17 heavy (non-hydrogen) atoms. The minimum atomic E-state index is -0.102. The third-order valence-electron chi connectivity index (χ3n) is 3.18. The number of likely N-dealkylation sites (N-methyl/N-ethyl adjacent to an activating group) is 1. The van der Waals surface area contributed by atoms with E-state index in [1.807, 2.05) is 20.9 Å². The molecule has 0 bridgehead atoms. The summed E-state index contributed by atoms with van der Waals surface area (Å²) < 4.78 is 0. The Balaban J connectivity index is 3.20. The predicted molar refractivity (Wildman–Crippen MR) is 72.7 cm³/mol. The minimum absolute atomic E-state index is 0.102. The molecule has 0 heterocycles. The molecule has 0 aromatic heterocycles. The molecule has 0 saturated heterocycles. The maximum atomic E-state index is 12.5. The summed E-state index contributed by atoms with van der Waals surface area (Å²) in [5.74, 6) is 0.505. The molecule has 0 saturated carbocycles. The number of hydrogen-bond acceptors (Lipinski definition) is 2. The summed E-state index contributed by atoms with van der Waals surface area (Å²) in [5.41, 5.74) is 4.24. The van der Waals surface area contributed by atoms with Crippen LogP contribution in [0.4, 0.5) is 0 Å². The molecule has 94 valence electrons. The topological polar surface area (TPSA) is 29.1 Å². The van der Waals surface area contributed by atoms with Crippen molar-refractivity contribution in [2.24, 2.45) is 5.92 Å². The largest absolute Gasteiger partial charge is 0.310 e. The van der Waals surface area contributed by atoms with Gasteiger partial charge in [-0.25, -0.2) is 0 Å². The lowest BCUT2D eigenvalue weighted by Crippen LogP contribution is -2.39. The molecule has 0 radical (unpaired) electrons. The van der Waals surface area contributed by atoms with E-state index < -0.39 is 0 Å². The molecular formula is C15H23NO. The maximum Gasteiger partial charge on any atom is 0.180 e. The van der Waals surface area contributed by atoms with Gasteiger partial charge in [-0.2, -0.15) is 0 Å². The smallest absolute Gasteiger partial charge is 0.180 e. The van der Waals surface area contributed by atoms with Crippen molar-refractivity contribution in [1.29, 1.82) is 0 Å². The molecule has 0 aliphatic rings. The average Bonchev–Trinajstić information content (AvgIpc) is 2.15. The quantitative estimate of drug-likeness (QED) is 0.810. The minimum Gasteiger partial charge on any atom is -0.310 e. The predicted octanol–water partition coefficient (Wildman–Crippen LogP) is 3.04. The van der Waals surface area contributed by atoms with Crippen molar-refractivity contribution in [1.82, 2.24) is 5.32 Å². The van der Waals surface area contributed by atoms with Gasteiger partial charge in [-0.3, -0.25) is 4.79 Å². The van der Waals surface area contributed by atoms with Gasteiger partial charge in [-0.1, -0.05) is 31.5 Å². The Labute approximate surface area is 104 Å². The first-order valence-corrected chi connectivity index (χ1v) is 6.17. The van der Waals surface area contributed by atoms with Crippen molar-refractivity contribution in [2.45, 2.75) is 40.7 Å². The molecular weight excluding hydrogens is 210 g/mol. The number of aryl methyl sites for hydroxylation is 3. The summed E-state index contributed by atoms with van der Waals surface area (Å²) in [5, 5.41) is 3.12. The van der Waals surface area contributed by atoms with Gasteiger partial charge in [-0.05, 0) is 44.9 Å². The van der Waals surface area contributed by atoms with Crippen molar-refractivity contribution in [3.05, 3.63) is 34.4 Å². The van der Waals surface area contributed by atoms with Crippen molar-refractivity contribution < 1.29 is 4.79 Å². The summed E-state index contributed by atoms with van der Waals surface area (Å²) in [6, 6.07) is 4.05. The van der Waals surface area contributed by atoms with Crippen LogP contribution in [0.1, 0.15) is 40.9 Å². The fourth-order valence-electron chi connectivity index (χ4n) is 2.49. The second-order valence-electron chi connectivity index (χ2n) is 5.15. The number of carbonyl (C=O) groups excluding carboxylic acids is 1. The van der Waals surface area contributed by atoms with E-state index in [9.17, 15) is 4.79 Å². The normalized spacial score (nSPS) is 12.9. The lowest BCUT2D eigenvalue weighted by Gasteiger charge is -2.21. The Morgan fingerprint density at radius 3 is 1.94 bits per heavy atom. The summed E-state index contributed by atoms with van der Waals surface area (Å²) in [4.78, 5) is 12.5. The van der Waals surface area contributed by atoms with Gasteiger partial charge in [0.25, 0.3) is 0 Å². The zero-order valence-corrected chi connectivity index (χ0v) is 11.7. The molecule has 1 rings (SSSR count). The SMILES string of the molecule is CNC(C(=O)c1c(C)cc(C)cc1C)C(C)C. The highest BCUT2D eigenvalue weighted by Crippen LogP contribution is 2.20. The monoisotopic (exact) mass is 233 g/mol. The standard InChI is InChI=1S/C15H23NO/c1-9(2)14(16-6)15(17)13-11(4)7-10(3)8-12(13)5/h7-9,14,16H,1-6H3. The Kier molecular flexibility index (Phi) is 4.47. The average molecular weight is 233 g/mol. The van der Waals surface area contributed by atoms with E-state index in [0.29, 0.717) is 5.92 Å². The number of rotatable bonds is 4. The van der Waals surface area contributed by atoms with Gasteiger partial charge in [0.05, 0.1) is 6.04 Å². The highest BCUT2D eigenvalue weighted by atomic mass is 16.1. The second-order valence-corrected chi connectivity index (χ2v) is 5.15. The van der Waals surface area contributed by atoms with Crippen molar-refractivity contribution in [3.8, 4) is 0 Å². The second kappa shape index (κ2) is 5.46. The van der Waals surface area contributed by atoms with Gasteiger partial charge >= 0.3 is 0 Å². The van der Waals surface area contributed by atoms with Gasteiger partial charge in [0.15, 0.2) is 5.78 Å². The molecule has 0 aliphatic carbocycles. The van der Waals surface area contributed by atoms with Crippen LogP contribution in [0.2, 0.25) is 0 Å². The number of hydrogen-bond donors (Lipinski definition) is 1. The number of nitrogens with one attached hydrogen (secondary N) is 1. The fourth-order valence-corrected chi connectivity index (χ4v) is 2.49. The first-order chi connectivity index (χ1) is 7.88.